The molecule has 5 heterocycles. The number of para-hydroxylation sites is 1. The molecule has 6 rings (SSSR count). The Morgan fingerprint density at radius 1 is 1.08 bits per heavy atom. The Labute approximate surface area is 223 Å². The van der Waals surface area contributed by atoms with Gasteiger partial charge in [-0.25, -0.2) is 9.97 Å². The number of benzene rings is 1. The van der Waals surface area contributed by atoms with Crippen LogP contribution in [0.5, 0.6) is 0 Å². The third kappa shape index (κ3) is 5.32. The zero-order valence-corrected chi connectivity index (χ0v) is 21.4. The first kappa shape index (κ1) is 24.3. The molecule has 0 saturated carbocycles. The SMILES string of the molecule is O=C1NC(=O)/C(=C/c2ccnc(N3CCC(CNCc4cccnc4-c4cc5ccccc5o4)CC3)n2)S1. The highest BCUT2D eigenvalue weighted by molar-refractivity contribution is 8.18. The second-order valence-corrected chi connectivity index (χ2v) is 10.4. The normalized spacial score (nSPS) is 17.5. The van der Waals surface area contributed by atoms with Gasteiger partial charge in [0, 0.05) is 37.4 Å². The highest BCUT2D eigenvalue weighted by atomic mass is 32.2. The zero-order valence-electron chi connectivity index (χ0n) is 20.6. The van der Waals surface area contributed by atoms with Crippen molar-refractivity contribution in [2.75, 3.05) is 24.5 Å². The van der Waals surface area contributed by atoms with Crippen molar-refractivity contribution in [3.05, 3.63) is 77.1 Å². The molecule has 0 unspecified atom stereocenters. The molecule has 2 aliphatic rings. The van der Waals surface area contributed by atoms with Crippen molar-refractivity contribution in [2.45, 2.75) is 19.4 Å². The van der Waals surface area contributed by atoms with Gasteiger partial charge in [-0.1, -0.05) is 24.3 Å². The highest BCUT2D eigenvalue weighted by Crippen LogP contribution is 2.29. The van der Waals surface area contributed by atoms with Crippen LogP contribution in [0.2, 0.25) is 0 Å². The molecule has 1 aromatic carbocycles. The fourth-order valence-corrected chi connectivity index (χ4v) is 5.47. The smallest absolute Gasteiger partial charge is 0.290 e. The van der Waals surface area contributed by atoms with Gasteiger partial charge in [0.15, 0.2) is 5.76 Å². The fraction of sp³-hybridized carbons (Fsp3) is 0.250. The summed E-state index contributed by atoms with van der Waals surface area (Å²) in [7, 11) is 0. The molecule has 10 heteroatoms. The first-order valence-electron chi connectivity index (χ1n) is 12.6. The number of imide groups is 1. The topological polar surface area (TPSA) is 113 Å². The Balaban J connectivity index is 1.03. The standard InChI is InChI=1S/C28H26N6O3S/c35-26-24(38-28(36)33-26)15-21-7-11-31-27(32-21)34-12-8-18(9-13-34)16-29-17-20-5-3-10-30-25(20)23-14-19-4-1-2-6-22(19)37-23/h1-7,10-11,14-15,18,29H,8-9,12-13,16-17H2,(H,33,35,36)/b24-15-. The van der Waals surface area contributed by atoms with E-state index < -0.39 is 0 Å². The number of anilines is 1. The maximum absolute atomic E-state index is 11.8. The second kappa shape index (κ2) is 10.8. The summed E-state index contributed by atoms with van der Waals surface area (Å²) in [6.45, 7) is 3.35. The van der Waals surface area contributed by atoms with Gasteiger partial charge < -0.3 is 14.6 Å². The van der Waals surface area contributed by atoms with Crippen LogP contribution < -0.4 is 15.5 Å². The summed E-state index contributed by atoms with van der Waals surface area (Å²) in [5.74, 6) is 1.59. The number of fused-ring (bicyclic) bond motifs is 1. The van der Waals surface area contributed by atoms with E-state index in [1.807, 2.05) is 36.4 Å². The van der Waals surface area contributed by atoms with E-state index in [1.165, 1.54) is 0 Å². The number of carbonyl (C=O) groups is 2. The summed E-state index contributed by atoms with van der Waals surface area (Å²) >= 11 is 0.888. The number of pyridine rings is 1. The van der Waals surface area contributed by atoms with E-state index in [4.69, 9.17) is 4.42 Å². The molecule has 0 radical (unpaired) electrons. The van der Waals surface area contributed by atoms with Gasteiger partial charge in [-0.15, -0.1) is 0 Å². The molecule has 2 amide bonds. The molecule has 38 heavy (non-hydrogen) atoms. The zero-order chi connectivity index (χ0) is 25.9. The quantitative estimate of drug-likeness (QED) is 0.333. The lowest BCUT2D eigenvalue weighted by molar-refractivity contribution is -0.115. The van der Waals surface area contributed by atoms with E-state index >= 15 is 0 Å². The molecule has 2 aliphatic heterocycles. The molecule has 192 valence electrons. The fourth-order valence-electron chi connectivity index (χ4n) is 4.80. The number of nitrogens with zero attached hydrogens (tertiary/aromatic N) is 4. The molecule has 0 aliphatic carbocycles. The van der Waals surface area contributed by atoms with Crippen molar-refractivity contribution < 1.29 is 14.0 Å². The molecular formula is C28H26N6O3S. The molecule has 2 fully saturated rings. The van der Waals surface area contributed by atoms with Crippen LogP contribution >= 0.6 is 11.8 Å². The van der Waals surface area contributed by atoms with Gasteiger partial charge >= 0.3 is 0 Å². The predicted octanol–water partition coefficient (Wildman–Crippen LogP) is 4.61. The average Bonchev–Trinajstić information content (AvgIpc) is 3.51. The van der Waals surface area contributed by atoms with Crippen LogP contribution in [-0.2, 0) is 11.3 Å². The largest absolute Gasteiger partial charge is 0.454 e. The summed E-state index contributed by atoms with van der Waals surface area (Å²) < 4.78 is 6.05. The minimum atomic E-state index is -0.385. The number of rotatable bonds is 7. The van der Waals surface area contributed by atoms with E-state index in [1.54, 1.807) is 24.5 Å². The summed E-state index contributed by atoms with van der Waals surface area (Å²) in [4.78, 5) is 39.4. The van der Waals surface area contributed by atoms with Crippen molar-refractivity contribution in [1.82, 2.24) is 25.6 Å². The number of amides is 2. The van der Waals surface area contributed by atoms with Gasteiger partial charge in [-0.3, -0.25) is 19.9 Å². The first-order chi connectivity index (χ1) is 18.6. The first-order valence-corrected chi connectivity index (χ1v) is 13.4. The lowest BCUT2D eigenvalue weighted by Crippen LogP contribution is -2.38. The lowest BCUT2D eigenvalue weighted by Gasteiger charge is -2.32. The monoisotopic (exact) mass is 526 g/mol. The van der Waals surface area contributed by atoms with Crippen LogP contribution in [0, 0.1) is 5.92 Å². The molecule has 0 atom stereocenters. The minimum Gasteiger partial charge on any atom is -0.454 e. The Hall–Kier alpha value is -4.02. The van der Waals surface area contributed by atoms with E-state index in [0.29, 0.717) is 29.0 Å². The Kier molecular flexibility index (Phi) is 6.89. The van der Waals surface area contributed by atoms with Crippen LogP contribution in [0.3, 0.4) is 0 Å². The predicted molar refractivity (Wildman–Crippen MR) is 147 cm³/mol. The number of nitrogens with one attached hydrogen (secondary N) is 2. The highest BCUT2D eigenvalue weighted by Gasteiger charge is 2.26. The third-order valence-corrected chi connectivity index (χ3v) is 7.59. The van der Waals surface area contributed by atoms with Crippen molar-refractivity contribution in [3.8, 4) is 11.5 Å². The van der Waals surface area contributed by atoms with Gasteiger partial charge in [0.25, 0.3) is 11.1 Å². The van der Waals surface area contributed by atoms with E-state index in [2.05, 4.69) is 36.6 Å². The van der Waals surface area contributed by atoms with Crippen LogP contribution in [0.25, 0.3) is 28.5 Å². The third-order valence-electron chi connectivity index (χ3n) is 6.78. The number of thioether (sulfide) groups is 1. The van der Waals surface area contributed by atoms with Crippen molar-refractivity contribution in [2.24, 2.45) is 5.92 Å². The van der Waals surface area contributed by atoms with Crippen LogP contribution in [0.15, 0.2) is 70.2 Å². The Morgan fingerprint density at radius 3 is 2.76 bits per heavy atom. The lowest BCUT2D eigenvalue weighted by atomic mass is 9.97. The molecule has 3 aromatic heterocycles. The van der Waals surface area contributed by atoms with Gasteiger partial charge in [-0.05, 0) is 73.0 Å². The summed E-state index contributed by atoms with van der Waals surface area (Å²) in [5, 5.41) is 6.59. The van der Waals surface area contributed by atoms with Crippen LogP contribution in [0.1, 0.15) is 24.1 Å². The average molecular weight is 527 g/mol. The van der Waals surface area contributed by atoms with E-state index in [0.717, 1.165) is 72.2 Å². The number of hydrogen-bond acceptors (Lipinski definition) is 9. The summed E-state index contributed by atoms with van der Waals surface area (Å²) in [5.41, 5.74) is 3.46. The second-order valence-electron chi connectivity index (χ2n) is 9.35. The van der Waals surface area contributed by atoms with Gasteiger partial charge in [0.05, 0.1) is 10.6 Å². The molecule has 2 N–H and O–H groups in total. The van der Waals surface area contributed by atoms with Crippen molar-refractivity contribution in [3.63, 3.8) is 0 Å². The van der Waals surface area contributed by atoms with Gasteiger partial charge in [0.1, 0.15) is 11.3 Å². The minimum absolute atomic E-state index is 0.349. The molecule has 2 saturated heterocycles. The van der Waals surface area contributed by atoms with E-state index in [9.17, 15) is 9.59 Å². The number of carbonyl (C=O) groups excluding carboxylic acids is 2. The Bertz CT molecular complexity index is 1490. The molecule has 9 nitrogen and oxygen atoms in total. The number of aromatic nitrogens is 3. The number of piperidine rings is 1. The van der Waals surface area contributed by atoms with Gasteiger partial charge in [-0.2, -0.15) is 0 Å². The van der Waals surface area contributed by atoms with Crippen molar-refractivity contribution in [1.29, 1.82) is 0 Å². The summed E-state index contributed by atoms with van der Waals surface area (Å²) in [6, 6.07) is 15.8. The molecule has 0 spiro atoms. The summed E-state index contributed by atoms with van der Waals surface area (Å²) in [6.07, 6.45) is 7.17. The maximum atomic E-state index is 11.8. The molecular weight excluding hydrogens is 500 g/mol. The molecule has 0 bridgehead atoms. The Morgan fingerprint density at radius 2 is 1.95 bits per heavy atom. The van der Waals surface area contributed by atoms with Gasteiger partial charge in [0.2, 0.25) is 5.95 Å². The molecule has 4 aromatic rings. The van der Waals surface area contributed by atoms with Crippen LogP contribution in [-0.4, -0.2) is 45.7 Å². The van der Waals surface area contributed by atoms with Crippen LogP contribution in [0.4, 0.5) is 10.7 Å². The number of furan rings is 1. The van der Waals surface area contributed by atoms with E-state index in [-0.39, 0.29) is 11.1 Å². The van der Waals surface area contributed by atoms with Crippen molar-refractivity contribution >= 4 is 45.9 Å². The maximum Gasteiger partial charge on any atom is 0.290 e. The number of hydrogen-bond donors (Lipinski definition) is 2.